The number of H-pyrrole nitrogens is 1. The number of aromatic amines is 1. The largest absolute Gasteiger partial charge is 0.387 e. The van der Waals surface area contributed by atoms with Gasteiger partial charge in [0.15, 0.2) is 0 Å². The highest BCUT2D eigenvalue weighted by Gasteiger charge is 2.22. The zero-order chi connectivity index (χ0) is 18.1. The van der Waals surface area contributed by atoms with Gasteiger partial charge in [-0.05, 0) is 37.5 Å². The lowest BCUT2D eigenvalue weighted by Gasteiger charge is -2.27. The first-order valence-electron chi connectivity index (χ1n) is 9.19. The normalized spacial score (nSPS) is 15.2. The number of aliphatic hydroxyl groups is 1. The number of benzene rings is 1. The number of hydrogen-bond donors (Lipinski definition) is 2. The summed E-state index contributed by atoms with van der Waals surface area (Å²) in [5.74, 6) is 0.191. The number of fused-ring (bicyclic) bond motifs is 2. The molecule has 0 spiro atoms. The quantitative estimate of drug-likeness (QED) is 0.741. The summed E-state index contributed by atoms with van der Waals surface area (Å²) in [5.41, 5.74) is 4.09. The summed E-state index contributed by atoms with van der Waals surface area (Å²) in [6, 6.07) is 10.2. The minimum atomic E-state index is -0.576. The second kappa shape index (κ2) is 6.96. The number of nitrogens with zero attached hydrogens (tertiary/aromatic N) is 3. The second-order valence-corrected chi connectivity index (χ2v) is 6.99. The molecule has 0 saturated carbocycles. The summed E-state index contributed by atoms with van der Waals surface area (Å²) in [7, 11) is 0. The van der Waals surface area contributed by atoms with Gasteiger partial charge in [0.05, 0.1) is 30.6 Å². The average Bonchev–Trinajstić information content (AvgIpc) is 3.25. The van der Waals surface area contributed by atoms with Crippen LogP contribution in [-0.4, -0.2) is 37.2 Å². The van der Waals surface area contributed by atoms with Crippen LogP contribution in [0.3, 0.4) is 0 Å². The van der Waals surface area contributed by atoms with Crippen LogP contribution in [-0.2, 0) is 24.3 Å². The fraction of sp³-hybridized carbons (Fsp3) is 0.400. The van der Waals surface area contributed by atoms with Crippen LogP contribution >= 0.6 is 0 Å². The molecule has 0 aliphatic carbocycles. The minimum absolute atomic E-state index is 0.191. The standard InChI is InChI=1S/C20H24N4O2/c1-14(25)19-11-16-13-23(9-10-24(16)22-19)20(26)8-4-5-15-12-21-18-7-3-2-6-17(15)18/h2-3,6-7,11-12,14,21,25H,4-5,8-10,13H2,1H3/t14-/m0/s1. The smallest absolute Gasteiger partial charge is 0.222 e. The highest BCUT2D eigenvalue weighted by Crippen LogP contribution is 2.21. The van der Waals surface area contributed by atoms with Crippen molar-refractivity contribution in [3.8, 4) is 0 Å². The Morgan fingerprint density at radius 2 is 2.19 bits per heavy atom. The molecule has 0 unspecified atom stereocenters. The van der Waals surface area contributed by atoms with Crippen LogP contribution < -0.4 is 0 Å². The molecule has 3 heterocycles. The summed E-state index contributed by atoms with van der Waals surface area (Å²) in [6.07, 6.45) is 3.76. The summed E-state index contributed by atoms with van der Waals surface area (Å²) >= 11 is 0. The van der Waals surface area contributed by atoms with Crippen molar-refractivity contribution in [3.05, 3.63) is 53.5 Å². The van der Waals surface area contributed by atoms with Crippen molar-refractivity contribution in [2.24, 2.45) is 0 Å². The van der Waals surface area contributed by atoms with Crippen molar-refractivity contribution in [3.63, 3.8) is 0 Å². The van der Waals surface area contributed by atoms with E-state index in [1.54, 1.807) is 6.92 Å². The number of carbonyl (C=O) groups is 1. The van der Waals surface area contributed by atoms with E-state index in [9.17, 15) is 9.90 Å². The number of rotatable bonds is 5. The van der Waals surface area contributed by atoms with Gasteiger partial charge in [-0.25, -0.2) is 0 Å². The third-order valence-corrected chi connectivity index (χ3v) is 5.11. The molecular formula is C20H24N4O2. The maximum atomic E-state index is 12.6. The maximum Gasteiger partial charge on any atom is 0.222 e. The van der Waals surface area contributed by atoms with Gasteiger partial charge in [0.2, 0.25) is 5.91 Å². The second-order valence-electron chi connectivity index (χ2n) is 6.99. The van der Waals surface area contributed by atoms with E-state index in [0.29, 0.717) is 31.7 Å². The zero-order valence-electron chi connectivity index (χ0n) is 15.0. The molecule has 1 amide bonds. The molecule has 2 aromatic heterocycles. The van der Waals surface area contributed by atoms with Crippen LogP contribution in [0.25, 0.3) is 10.9 Å². The Kier molecular flexibility index (Phi) is 4.51. The summed E-state index contributed by atoms with van der Waals surface area (Å²) in [6.45, 7) is 3.66. The monoisotopic (exact) mass is 352 g/mol. The van der Waals surface area contributed by atoms with Crippen molar-refractivity contribution < 1.29 is 9.90 Å². The van der Waals surface area contributed by atoms with E-state index in [0.717, 1.165) is 24.1 Å². The van der Waals surface area contributed by atoms with E-state index < -0.39 is 6.10 Å². The number of amides is 1. The van der Waals surface area contributed by atoms with Crippen LogP contribution in [0.5, 0.6) is 0 Å². The van der Waals surface area contributed by atoms with Crippen molar-refractivity contribution in [2.45, 2.75) is 45.4 Å². The van der Waals surface area contributed by atoms with Gasteiger partial charge >= 0.3 is 0 Å². The van der Waals surface area contributed by atoms with Crippen LogP contribution in [0.1, 0.15) is 42.8 Å². The van der Waals surface area contributed by atoms with Crippen molar-refractivity contribution in [2.75, 3.05) is 6.54 Å². The molecule has 26 heavy (non-hydrogen) atoms. The molecule has 2 N–H and O–H groups in total. The first-order valence-corrected chi connectivity index (χ1v) is 9.19. The molecule has 1 atom stereocenters. The van der Waals surface area contributed by atoms with Crippen LogP contribution in [0.15, 0.2) is 36.5 Å². The van der Waals surface area contributed by atoms with Gasteiger partial charge in [-0.1, -0.05) is 18.2 Å². The van der Waals surface area contributed by atoms with Gasteiger partial charge in [-0.3, -0.25) is 9.48 Å². The SMILES string of the molecule is C[C@H](O)c1cc2n(n1)CCN(C(=O)CCCc1c[nH]c3ccccc13)C2. The number of nitrogens with one attached hydrogen (secondary N) is 1. The lowest BCUT2D eigenvalue weighted by molar-refractivity contribution is -0.132. The molecule has 6 heteroatoms. The van der Waals surface area contributed by atoms with Crippen molar-refractivity contribution >= 4 is 16.8 Å². The van der Waals surface area contributed by atoms with Crippen molar-refractivity contribution in [1.29, 1.82) is 0 Å². The number of carbonyl (C=O) groups excluding carboxylic acids is 1. The van der Waals surface area contributed by atoms with Crippen LogP contribution in [0.2, 0.25) is 0 Å². The van der Waals surface area contributed by atoms with Gasteiger partial charge < -0.3 is 15.0 Å². The molecule has 1 aliphatic rings. The van der Waals surface area contributed by atoms with E-state index in [1.165, 1.54) is 10.9 Å². The lowest BCUT2D eigenvalue weighted by Crippen LogP contribution is -2.38. The van der Waals surface area contributed by atoms with Gasteiger partial charge in [0.25, 0.3) is 0 Å². The molecule has 1 aliphatic heterocycles. The molecule has 4 rings (SSSR count). The summed E-state index contributed by atoms with van der Waals surface area (Å²) in [4.78, 5) is 17.8. The maximum absolute atomic E-state index is 12.6. The van der Waals surface area contributed by atoms with Gasteiger partial charge in [0, 0.05) is 30.1 Å². The number of aromatic nitrogens is 3. The Hall–Kier alpha value is -2.60. The third-order valence-electron chi connectivity index (χ3n) is 5.11. The Bertz CT molecular complexity index is 925. The highest BCUT2D eigenvalue weighted by molar-refractivity contribution is 5.83. The fourth-order valence-electron chi connectivity index (χ4n) is 3.63. The van der Waals surface area contributed by atoms with Gasteiger partial charge in [0.1, 0.15) is 0 Å². The zero-order valence-corrected chi connectivity index (χ0v) is 15.0. The number of hydrogen-bond acceptors (Lipinski definition) is 3. The third kappa shape index (κ3) is 3.24. The first kappa shape index (κ1) is 16.8. The number of aliphatic hydroxyl groups excluding tert-OH is 1. The molecule has 0 radical (unpaired) electrons. The predicted molar refractivity (Wildman–Crippen MR) is 99.5 cm³/mol. The molecule has 1 aromatic carbocycles. The Morgan fingerprint density at radius 1 is 1.35 bits per heavy atom. The Balaban J connectivity index is 1.34. The molecule has 3 aromatic rings. The van der Waals surface area contributed by atoms with E-state index in [1.807, 2.05) is 34.0 Å². The highest BCUT2D eigenvalue weighted by atomic mass is 16.3. The summed E-state index contributed by atoms with van der Waals surface area (Å²) in [5, 5.41) is 15.3. The topological polar surface area (TPSA) is 74.2 Å². The van der Waals surface area contributed by atoms with Gasteiger partial charge in [-0.15, -0.1) is 0 Å². The Labute approximate surface area is 152 Å². The van der Waals surface area contributed by atoms with Crippen molar-refractivity contribution in [1.82, 2.24) is 19.7 Å². The van der Waals surface area contributed by atoms with Gasteiger partial charge in [-0.2, -0.15) is 5.10 Å². The predicted octanol–water partition coefficient (Wildman–Crippen LogP) is 2.78. The van der Waals surface area contributed by atoms with E-state index >= 15 is 0 Å². The molecule has 6 nitrogen and oxygen atoms in total. The van der Waals surface area contributed by atoms with Crippen LogP contribution in [0.4, 0.5) is 0 Å². The molecule has 0 saturated heterocycles. The fourth-order valence-corrected chi connectivity index (χ4v) is 3.63. The van der Waals surface area contributed by atoms with E-state index in [2.05, 4.69) is 22.2 Å². The molecule has 0 bridgehead atoms. The minimum Gasteiger partial charge on any atom is -0.387 e. The molecule has 136 valence electrons. The van der Waals surface area contributed by atoms with Crippen LogP contribution in [0, 0.1) is 0 Å². The number of para-hydroxylation sites is 1. The lowest BCUT2D eigenvalue weighted by atomic mass is 10.1. The van der Waals surface area contributed by atoms with E-state index in [4.69, 9.17) is 0 Å². The average molecular weight is 352 g/mol. The van der Waals surface area contributed by atoms with E-state index in [-0.39, 0.29) is 5.91 Å². The molecule has 0 fully saturated rings. The first-order chi connectivity index (χ1) is 12.6. The molecular weight excluding hydrogens is 328 g/mol. The Morgan fingerprint density at radius 3 is 3.04 bits per heavy atom. The number of aryl methyl sites for hydroxylation is 1. The summed E-state index contributed by atoms with van der Waals surface area (Å²) < 4.78 is 1.90.